The maximum Gasteiger partial charge on any atom is -0.0109 e. The number of hydrogen-bond donors (Lipinski definition) is 0. The van der Waals surface area contributed by atoms with E-state index in [2.05, 4.69) is 62.4 Å². The molecule has 0 saturated heterocycles. The van der Waals surface area contributed by atoms with Crippen molar-refractivity contribution in [1.29, 1.82) is 0 Å². The Balaban J connectivity index is 2.59. The van der Waals surface area contributed by atoms with E-state index in [0.29, 0.717) is 0 Å². The number of hydrogen-bond acceptors (Lipinski definition) is 0. The fourth-order valence-electron chi connectivity index (χ4n) is 2.21. The van der Waals surface area contributed by atoms with Crippen molar-refractivity contribution in [1.82, 2.24) is 0 Å². The molecule has 0 atom stereocenters. The van der Waals surface area contributed by atoms with Gasteiger partial charge >= 0.3 is 0 Å². The third-order valence-corrected chi connectivity index (χ3v) is 3.00. The first-order valence-corrected chi connectivity index (χ1v) is 6.00. The molecule has 16 heavy (non-hydrogen) atoms. The second-order valence-electron chi connectivity index (χ2n) is 4.09. The van der Waals surface area contributed by atoms with E-state index in [1.54, 1.807) is 0 Å². The lowest BCUT2D eigenvalue weighted by atomic mass is 9.95. The highest BCUT2D eigenvalue weighted by molar-refractivity contribution is 5.93. The largest absolute Gasteiger partial charge is 0.0838 e. The lowest BCUT2D eigenvalue weighted by molar-refractivity contribution is 0.973. The summed E-state index contributed by atoms with van der Waals surface area (Å²) in [4.78, 5) is 0. The minimum Gasteiger partial charge on any atom is -0.0838 e. The van der Waals surface area contributed by atoms with Crippen molar-refractivity contribution >= 4 is 16.3 Å². The summed E-state index contributed by atoms with van der Waals surface area (Å²) in [5.41, 5.74) is 2.85. The van der Waals surface area contributed by atoms with Crippen molar-refractivity contribution in [3.8, 4) is 0 Å². The third kappa shape index (κ3) is 2.01. The lowest BCUT2D eigenvalue weighted by Gasteiger charge is -2.09. The summed E-state index contributed by atoms with van der Waals surface area (Å²) in [6.07, 6.45) is 4.60. The normalized spacial score (nSPS) is 12.0. The maximum absolute atomic E-state index is 2.24. The van der Waals surface area contributed by atoms with E-state index in [-0.39, 0.29) is 0 Å². The summed E-state index contributed by atoms with van der Waals surface area (Å²) >= 11 is 0. The smallest absolute Gasteiger partial charge is 0.0109 e. The Morgan fingerprint density at radius 1 is 1.06 bits per heavy atom. The molecule has 0 nitrogen and oxygen atoms in total. The fourth-order valence-corrected chi connectivity index (χ4v) is 2.21. The van der Waals surface area contributed by atoms with Gasteiger partial charge in [0.2, 0.25) is 0 Å². The molecule has 2 aromatic rings. The molecule has 0 radical (unpaired) electrons. The van der Waals surface area contributed by atoms with Gasteiger partial charge in [0.05, 0.1) is 0 Å². The van der Waals surface area contributed by atoms with Gasteiger partial charge in [-0.05, 0) is 35.3 Å². The van der Waals surface area contributed by atoms with Crippen LogP contribution < -0.4 is 0 Å². The van der Waals surface area contributed by atoms with Crippen LogP contribution in [-0.4, -0.2) is 0 Å². The molecule has 0 heteroatoms. The molecule has 0 fully saturated rings. The van der Waals surface area contributed by atoms with E-state index in [9.17, 15) is 0 Å². The highest BCUT2D eigenvalue weighted by Crippen LogP contribution is 2.27. The minimum absolute atomic E-state index is 1.16. The van der Waals surface area contributed by atoms with Gasteiger partial charge in [-0.25, -0.2) is 0 Å². The molecular weight excluding hydrogens is 192 g/mol. The summed E-state index contributed by atoms with van der Waals surface area (Å²) in [7, 11) is 0. The van der Waals surface area contributed by atoms with Gasteiger partial charge in [-0.1, -0.05) is 61.9 Å². The highest BCUT2D eigenvalue weighted by Gasteiger charge is 2.03. The van der Waals surface area contributed by atoms with Crippen molar-refractivity contribution in [3.05, 3.63) is 54.1 Å². The predicted molar refractivity (Wildman–Crippen MR) is 72.5 cm³/mol. The van der Waals surface area contributed by atoms with Crippen LogP contribution in [0.1, 0.15) is 32.3 Å². The number of allylic oxidation sites excluding steroid dienone is 2. The molecule has 82 valence electrons. The molecule has 2 rings (SSSR count). The standard InChI is InChI=1S/C16H18/c1-3-8-13(4-2)15-12-7-10-14-9-5-6-11-16(14)15/h4-7,9-12H,3,8H2,1-2H3/b13-4-. The van der Waals surface area contributed by atoms with Gasteiger partial charge in [-0.15, -0.1) is 0 Å². The number of rotatable bonds is 3. The van der Waals surface area contributed by atoms with Gasteiger partial charge in [-0.2, -0.15) is 0 Å². The van der Waals surface area contributed by atoms with Crippen molar-refractivity contribution in [2.45, 2.75) is 26.7 Å². The first kappa shape index (κ1) is 10.9. The van der Waals surface area contributed by atoms with E-state index in [1.807, 2.05) is 0 Å². The summed E-state index contributed by atoms with van der Waals surface area (Å²) in [5.74, 6) is 0. The van der Waals surface area contributed by atoms with Gasteiger partial charge < -0.3 is 0 Å². The zero-order valence-corrected chi connectivity index (χ0v) is 10.0. The topological polar surface area (TPSA) is 0 Å². The van der Waals surface area contributed by atoms with E-state index in [1.165, 1.54) is 28.3 Å². The summed E-state index contributed by atoms with van der Waals surface area (Å²) in [5, 5.41) is 2.70. The molecule has 0 aliphatic carbocycles. The van der Waals surface area contributed by atoms with Crippen LogP contribution in [0.4, 0.5) is 0 Å². The Labute approximate surface area is 97.6 Å². The van der Waals surface area contributed by atoms with Crippen molar-refractivity contribution in [2.24, 2.45) is 0 Å². The second-order valence-corrected chi connectivity index (χ2v) is 4.09. The zero-order chi connectivity index (χ0) is 11.4. The highest BCUT2D eigenvalue weighted by atomic mass is 14.1. The molecule has 0 aliphatic rings. The maximum atomic E-state index is 2.24. The molecule has 0 aromatic heterocycles. The predicted octanol–water partition coefficient (Wildman–Crippen LogP) is 5.04. The van der Waals surface area contributed by atoms with Gasteiger partial charge in [0.1, 0.15) is 0 Å². The Morgan fingerprint density at radius 2 is 1.81 bits per heavy atom. The third-order valence-electron chi connectivity index (χ3n) is 3.00. The first-order valence-electron chi connectivity index (χ1n) is 6.00. The van der Waals surface area contributed by atoms with Crippen LogP contribution in [-0.2, 0) is 0 Å². The van der Waals surface area contributed by atoms with Crippen molar-refractivity contribution in [3.63, 3.8) is 0 Å². The first-order chi connectivity index (χ1) is 7.86. The van der Waals surface area contributed by atoms with Crippen LogP contribution in [0.5, 0.6) is 0 Å². The Hall–Kier alpha value is -1.56. The average Bonchev–Trinajstić information content (AvgIpc) is 2.35. The molecule has 2 aromatic carbocycles. The molecule has 0 bridgehead atoms. The Bertz CT molecular complexity index is 501. The number of benzene rings is 2. The molecule has 0 unspecified atom stereocenters. The van der Waals surface area contributed by atoms with Crippen molar-refractivity contribution < 1.29 is 0 Å². The van der Waals surface area contributed by atoms with E-state index in [0.717, 1.165) is 6.42 Å². The molecule has 0 saturated carbocycles. The second kappa shape index (κ2) is 4.98. The monoisotopic (exact) mass is 210 g/mol. The van der Waals surface area contributed by atoms with Crippen LogP contribution >= 0.6 is 0 Å². The fraction of sp³-hybridized carbons (Fsp3) is 0.250. The van der Waals surface area contributed by atoms with Crippen LogP contribution in [0.2, 0.25) is 0 Å². The Morgan fingerprint density at radius 3 is 2.56 bits per heavy atom. The van der Waals surface area contributed by atoms with Crippen LogP contribution in [0, 0.1) is 0 Å². The quantitative estimate of drug-likeness (QED) is 0.665. The van der Waals surface area contributed by atoms with Crippen LogP contribution in [0.25, 0.3) is 16.3 Å². The minimum atomic E-state index is 1.16. The van der Waals surface area contributed by atoms with Gasteiger partial charge in [0, 0.05) is 0 Å². The SMILES string of the molecule is C/C=C(/CCC)c1cccc2ccccc12. The molecule has 0 aliphatic heterocycles. The van der Waals surface area contributed by atoms with E-state index < -0.39 is 0 Å². The summed E-state index contributed by atoms with van der Waals surface area (Å²) < 4.78 is 0. The number of fused-ring (bicyclic) bond motifs is 1. The van der Waals surface area contributed by atoms with Gasteiger partial charge in [0.15, 0.2) is 0 Å². The van der Waals surface area contributed by atoms with E-state index in [4.69, 9.17) is 0 Å². The van der Waals surface area contributed by atoms with Crippen molar-refractivity contribution in [2.75, 3.05) is 0 Å². The van der Waals surface area contributed by atoms with E-state index >= 15 is 0 Å². The van der Waals surface area contributed by atoms with Gasteiger partial charge in [-0.3, -0.25) is 0 Å². The molecule has 0 amide bonds. The average molecular weight is 210 g/mol. The lowest BCUT2D eigenvalue weighted by Crippen LogP contribution is -1.86. The molecule has 0 heterocycles. The van der Waals surface area contributed by atoms with Crippen LogP contribution in [0.3, 0.4) is 0 Å². The summed E-state index contributed by atoms with van der Waals surface area (Å²) in [6, 6.07) is 15.2. The van der Waals surface area contributed by atoms with Gasteiger partial charge in [0.25, 0.3) is 0 Å². The molecule has 0 spiro atoms. The summed E-state index contributed by atoms with van der Waals surface area (Å²) in [6.45, 7) is 4.36. The Kier molecular flexibility index (Phi) is 3.40. The van der Waals surface area contributed by atoms with Crippen LogP contribution in [0.15, 0.2) is 48.5 Å². The zero-order valence-electron chi connectivity index (χ0n) is 10.0. The molecule has 0 N–H and O–H groups in total. The molecular formula is C16H18.